The molecule has 1 aliphatic carbocycles. The Morgan fingerprint density at radius 3 is 2.90 bits per heavy atom. The summed E-state index contributed by atoms with van der Waals surface area (Å²) in [6, 6.07) is 8.11. The zero-order chi connectivity index (χ0) is 13.9. The van der Waals surface area contributed by atoms with Crippen LogP contribution in [0.15, 0.2) is 30.5 Å². The SMILES string of the molecule is O=C(c1ccc2[nH]ccc2c1)N(CCCO)C1CCC1. The number of hydrogen-bond acceptors (Lipinski definition) is 2. The summed E-state index contributed by atoms with van der Waals surface area (Å²) in [5.41, 5.74) is 1.79. The first-order valence-electron chi connectivity index (χ1n) is 7.28. The minimum Gasteiger partial charge on any atom is -0.396 e. The molecule has 1 aromatic heterocycles. The number of aromatic nitrogens is 1. The Morgan fingerprint density at radius 1 is 1.35 bits per heavy atom. The van der Waals surface area contributed by atoms with Gasteiger partial charge in [0, 0.05) is 41.9 Å². The topological polar surface area (TPSA) is 56.3 Å². The lowest BCUT2D eigenvalue weighted by Crippen LogP contribution is -2.44. The van der Waals surface area contributed by atoms with E-state index in [1.54, 1.807) is 0 Å². The van der Waals surface area contributed by atoms with E-state index in [-0.39, 0.29) is 12.5 Å². The fraction of sp³-hybridized carbons (Fsp3) is 0.438. The number of aliphatic hydroxyl groups excluding tert-OH is 1. The lowest BCUT2D eigenvalue weighted by atomic mass is 9.90. The molecule has 106 valence electrons. The third-order valence-corrected chi connectivity index (χ3v) is 4.13. The van der Waals surface area contributed by atoms with E-state index in [2.05, 4.69) is 4.98 Å². The summed E-state index contributed by atoms with van der Waals surface area (Å²) >= 11 is 0. The molecule has 1 amide bonds. The van der Waals surface area contributed by atoms with Gasteiger partial charge in [-0.1, -0.05) is 0 Å². The van der Waals surface area contributed by atoms with Crippen molar-refractivity contribution in [1.82, 2.24) is 9.88 Å². The van der Waals surface area contributed by atoms with Gasteiger partial charge >= 0.3 is 0 Å². The van der Waals surface area contributed by atoms with E-state index in [0.29, 0.717) is 19.0 Å². The molecule has 1 aliphatic rings. The normalized spacial score (nSPS) is 15.2. The van der Waals surface area contributed by atoms with Crippen LogP contribution in [0.3, 0.4) is 0 Å². The van der Waals surface area contributed by atoms with E-state index in [9.17, 15) is 4.79 Å². The Hall–Kier alpha value is -1.81. The molecule has 4 nitrogen and oxygen atoms in total. The van der Waals surface area contributed by atoms with Gasteiger partial charge in [0.15, 0.2) is 0 Å². The predicted molar refractivity (Wildman–Crippen MR) is 78.7 cm³/mol. The van der Waals surface area contributed by atoms with Crippen molar-refractivity contribution in [3.05, 3.63) is 36.0 Å². The van der Waals surface area contributed by atoms with Gasteiger partial charge < -0.3 is 15.0 Å². The van der Waals surface area contributed by atoms with Crippen LogP contribution in [0.4, 0.5) is 0 Å². The smallest absolute Gasteiger partial charge is 0.254 e. The zero-order valence-corrected chi connectivity index (χ0v) is 11.5. The van der Waals surface area contributed by atoms with Crippen molar-refractivity contribution in [3.8, 4) is 0 Å². The summed E-state index contributed by atoms with van der Waals surface area (Å²) < 4.78 is 0. The first-order valence-corrected chi connectivity index (χ1v) is 7.28. The van der Waals surface area contributed by atoms with Crippen LogP contribution in [-0.4, -0.2) is 40.1 Å². The second kappa shape index (κ2) is 5.67. The van der Waals surface area contributed by atoms with Gasteiger partial charge in [-0.05, 0) is 49.9 Å². The standard InChI is InChI=1S/C16H20N2O2/c19-10-2-9-18(14-3-1-4-14)16(20)13-5-6-15-12(11-13)7-8-17-15/h5-8,11,14,17,19H,1-4,9-10H2. The minimum atomic E-state index is 0.0891. The third-order valence-electron chi connectivity index (χ3n) is 4.13. The maximum Gasteiger partial charge on any atom is 0.254 e. The van der Waals surface area contributed by atoms with Crippen LogP contribution in [0.25, 0.3) is 10.9 Å². The van der Waals surface area contributed by atoms with Crippen molar-refractivity contribution in [1.29, 1.82) is 0 Å². The van der Waals surface area contributed by atoms with E-state index >= 15 is 0 Å². The van der Waals surface area contributed by atoms with Gasteiger partial charge in [0.05, 0.1) is 0 Å². The molecule has 1 saturated carbocycles. The predicted octanol–water partition coefficient (Wildman–Crippen LogP) is 2.55. The van der Waals surface area contributed by atoms with Crippen molar-refractivity contribution < 1.29 is 9.90 Å². The molecule has 0 aliphatic heterocycles. The van der Waals surface area contributed by atoms with E-state index in [4.69, 9.17) is 5.11 Å². The molecular formula is C16H20N2O2. The lowest BCUT2D eigenvalue weighted by Gasteiger charge is -2.37. The highest BCUT2D eigenvalue weighted by molar-refractivity contribution is 5.98. The number of carbonyl (C=O) groups excluding carboxylic acids is 1. The van der Waals surface area contributed by atoms with Crippen molar-refractivity contribution >= 4 is 16.8 Å². The molecular weight excluding hydrogens is 252 g/mol. The second-order valence-corrected chi connectivity index (χ2v) is 5.44. The fourth-order valence-corrected chi connectivity index (χ4v) is 2.74. The molecule has 2 N–H and O–H groups in total. The molecule has 2 aromatic rings. The maximum absolute atomic E-state index is 12.7. The molecule has 0 radical (unpaired) electrons. The Kier molecular flexibility index (Phi) is 3.74. The summed E-state index contributed by atoms with van der Waals surface area (Å²) in [6.45, 7) is 0.776. The minimum absolute atomic E-state index is 0.0891. The number of aromatic amines is 1. The number of rotatable bonds is 5. The number of amides is 1. The number of carbonyl (C=O) groups is 1. The van der Waals surface area contributed by atoms with Gasteiger partial charge in [-0.2, -0.15) is 0 Å². The van der Waals surface area contributed by atoms with Crippen molar-refractivity contribution in [2.75, 3.05) is 13.2 Å². The molecule has 0 unspecified atom stereocenters. The number of H-pyrrole nitrogens is 1. The van der Waals surface area contributed by atoms with Gasteiger partial charge in [0.25, 0.3) is 5.91 Å². The van der Waals surface area contributed by atoms with Crippen LogP contribution in [0.1, 0.15) is 36.0 Å². The van der Waals surface area contributed by atoms with Crippen LogP contribution in [0.2, 0.25) is 0 Å². The van der Waals surface area contributed by atoms with Gasteiger partial charge in [-0.15, -0.1) is 0 Å². The molecule has 0 atom stereocenters. The molecule has 20 heavy (non-hydrogen) atoms. The van der Waals surface area contributed by atoms with E-state index < -0.39 is 0 Å². The highest BCUT2D eigenvalue weighted by Gasteiger charge is 2.28. The number of fused-ring (bicyclic) bond motifs is 1. The van der Waals surface area contributed by atoms with Crippen molar-refractivity contribution in [2.45, 2.75) is 31.7 Å². The Labute approximate surface area is 118 Å². The fourth-order valence-electron chi connectivity index (χ4n) is 2.74. The van der Waals surface area contributed by atoms with Crippen LogP contribution >= 0.6 is 0 Å². The quantitative estimate of drug-likeness (QED) is 0.879. The molecule has 1 heterocycles. The van der Waals surface area contributed by atoms with Gasteiger partial charge in [0.2, 0.25) is 0 Å². The maximum atomic E-state index is 12.7. The van der Waals surface area contributed by atoms with Crippen LogP contribution < -0.4 is 0 Å². The van der Waals surface area contributed by atoms with Gasteiger partial charge in [0.1, 0.15) is 0 Å². The van der Waals surface area contributed by atoms with Gasteiger partial charge in [-0.3, -0.25) is 4.79 Å². The van der Waals surface area contributed by atoms with E-state index in [0.717, 1.165) is 29.3 Å². The molecule has 1 aromatic carbocycles. The molecule has 0 spiro atoms. The summed E-state index contributed by atoms with van der Waals surface area (Å²) in [5, 5.41) is 10.1. The summed E-state index contributed by atoms with van der Waals surface area (Å²) in [6.07, 6.45) is 5.90. The highest BCUT2D eigenvalue weighted by atomic mass is 16.3. The van der Waals surface area contributed by atoms with Crippen LogP contribution in [-0.2, 0) is 0 Å². The first-order chi connectivity index (χ1) is 9.79. The highest BCUT2D eigenvalue weighted by Crippen LogP contribution is 2.27. The van der Waals surface area contributed by atoms with Crippen LogP contribution in [0, 0.1) is 0 Å². The number of nitrogens with zero attached hydrogens (tertiary/aromatic N) is 1. The third kappa shape index (κ3) is 2.43. The van der Waals surface area contributed by atoms with Gasteiger partial charge in [-0.25, -0.2) is 0 Å². The monoisotopic (exact) mass is 272 g/mol. The Balaban J connectivity index is 1.83. The molecule has 0 saturated heterocycles. The first kappa shape index (κ1) is 13.2. The number of benzene rings is 1. The molecule has 0 bridgehead atoms. The summed E-state index contributed by atoms with van der Waals surface area (Å²) in [5.74, 6) is 0.0891. The van der Waals surface area contributed by atoms with E-state index in [1.165, 1.54) is 6.42 Å². The van der Waals surface area contributed by atoms with Crippen molar-refractivity contribution in [3.63, 3.8) is 0 Å². The Bertz CT molecular complexity index is 601. The largest absolute Gasteiger partial charge is 0.396 e. The molecule has 4 heteroatoms. The lowest BCUT2D eigenvalue weighted by molar-refractivity contribution is 0.0562. The number of hydrogen-bond donors (Lipinski definition) is 2. The number of aliphatic hydroxyl groups is 1. The summed E-state index contributed by atoms with van der Waals surface area (Å²) in [4.78, 5) is 17.8. The molecule has 1 fully saturated rings. The Morgan fingerprint density at radius 2 is 2.20 bits per heavy atom. The summed E-state index contributed by atoms with van der Waals surface area (Å²) in [7, 11) is 0. The molecule has 3 rings (SSSR count). The van der Waals surface area contributed by atoms with Crippen LogP contribution in [0.5, 0.6) is 0 Å². The number of nitrogens with one attached hydrogen (secondary N) is 1. The van der Waals surface area contributed by atoms with Crippen molar-refractivity contribution in [2.24, 2.45) is 0 Å². The second-order valence-electron chi connectivity index (χ2n) is 5.44. The van der Waals surface area contributed by atoms with E-state index in [1.807, 2.05) is 35.4 Å². The average Bonchev–Trinajstić information content (AvgIpc) is 2.87. The zero-order valence-electron chi connectivity index (χ0n) is 11.5. The average molecular weight is 272 g/mol.